The molecule has 0 aromatic carbocycles. The smallest absolute Gasteiger partial charge is 0.227 e. The van der Waals surface area contributed by atoms with Gasteiger partial charge in [0.15, 0.2) is 5.76 Å². The zero-order valence-electron chi connectivity index (χ0n) is 10.4. The van der Waals surface area contributed by atoms with Gasteiger partial charge in [0.2, 0.25) is 5.95 Å². The minimum atomic E-state index is 0.346. The highest BCUT2D eigenvalue weighted by Gasteiger charge is 2.12. The van der Waals surface area contributed by atoms with Crippen molar-refractivity contribution in [3.05, 3.63) is 30.2 Å². The second-order valence-corrected chi connectivity index (χ2v) is 3.70. The summed E-state index contributed by atoms with van der Waals surface area (Å²) in [7, 11) is 0. The van der Waals surface area contributed by atoms with Gasteiger partial charge in [-0.1, -0.05) is 0 Å². The fourth-order valence-electron chi connectivity index (χ4n) is 1.69. The quantitative estimate of drug-likeness (QED) is 0.823. The van der Waals surface area contributed by atoms with Crippen LogP contribution >= 0.6 is 0 Å². The zero-order chi connectivity index (χ0) is 13.0. The number of anilines is 1. The molecule has 0 unspecified atom stereocenters. The molecule has 2 aromatic heterocycles. The molecule has 2 heterocycles. The first-order valence-corrected chi connectivity index (χ1v) is 5.86. The van der Waals surface area contributed by atoms with Crippen LogP contribution < -0.4 is 4.90 Å². The SMILES string of the molecule is CCN(CC)c1nc(C#N)cc(-c2ccco2)n1. The molecule has 5 heteroatoms. The number of hydrogen-bond donors (Lipinski definition) is 0. The van der Waals surface area contributed by atoms with Crippen molar-refractivity contribution >= 4 is 5.95 Å². The maximum atomic E-state index is 9.02. The molecule has 2 aromatic rings. The summed E-state index contributed by atoms with van der Waals surface area (Å²) < 4.78 is 5.30. The fraction of sp³-hybridized carbons (Fsp3) is 0.308. The summed E-state index contributed by atoms with van der Waals surface area (Å²) >= 11 is 0. The van der Waals surface area contributed by atoms with Crippen molar-refractivity contribution in [1.82, 2.24) is 9.97 Å². The maximum absolute atomic E-state index is 9.02. The summed E-state index contributed by atoms with van der Waals surface area (Å²) in [4.78, 5) is 10.6. The molecule has 2 rings (SSSR count). The van der Waals surface area contributed by atoms with Gasteiger partial charge >= 0.3 is 0 Å². The van der Waals surface area contributed by atoms with E-state index in [-0.39, 0.29) is 0 Å². The van der Waals surface area contributed by atoms with E-state index in [1.165, 1.54) is 0 Å². The molecule has 0 aliphatic carbocycles. The van der Waals surface area contributed by atoms with Crippen LogP contribution in [0.3, 0.4) is 0 Å². The molecule has 0 bridgehead atoms. The molecular weight excluding hydrogens is 228 g/mol. The van der Waals surface area contributed by atoms with E-state index >= 15 is 0 Å². The Bertz CT molecular complexity index is 553. The summed E-state index contributed by atoms with van der Waals surface area (Å²) in [5.41, 5.74) is 0.978. The first-order chi connectivity index (χ1) is 8.78. The van der Waals surface area contributed by atoms with Gasteiger partial charge in [-0.05, 0) is 26.0 Å². The molecule has 92 valence electrons. The Morgan fingerprint density at radius 1 is 1.33 bits per heavy atom. The van der Waals surface area contributed by atoms with E-state index in [0.29, 0.717) is 23.1 Å². The van der Waals surface area contributed by atoms with Gasteiger partial charge in [0.25, 0.3) is 0 Å². The first kappa shape index (κ1) is 12.1. The van der Waals surface area contributed by atoms with E-state index < -0.39 is 0 Å². The highest BCUT2D eigenvalue weighted by molar-refractivity contribution is 5.56. The molecule has 0 atom stereocenters. The van der Waals surface area contributed by atoms with Crippen molar-refractivity contribution < 1.29 is 4.42 Å². The van der Waals surface area contributed by atoms with Gasteiger partial charge in [-0.3, -0.25) is 0 Å². The summed E-state index contributed by atoms with van der Waals surface area (Å²) in [6, 6.07) is 7.29. The van der Waals surface area contributed by atoms with Crippen LogP contribution in [0, 0.1) is 11.3 Å². The second kappa shape index (κ2) is 5.32. The highest BCUT2D eigenvalue weighted by atomic mass is 16.3. The van der Waals surface area contributed by atoms with Crippen molar-refractivity contribution in [3.63, 3.8) is 0 Å². The number of nitrogens with zero attached hydrogens (tertiary/aromatic N) is 4. The Balaban J connectivity index is 2.49. The number of hydrogen-bond acceptors (Lipinski definition) is 5. The predicted molar refractivity (Wildman–Crippen MR) is 68.0 cm³/mol. The van der Waals surface area contributed by atoms with Gasteiger partial charge in [-0.25, -0.2) is 9.97 Å². The van der Waals surface area contributed by atoms with Gasteiger partial charge in [-0.15, -0.1) is 0 Å². The zero-order valence-corrected chi connectivity index (χ0v) is 10.4. The lowest BCUT2D eigenvalue weighted by Crippen LogP contribution is -2.24. The molecule has 0 spiro atoms. The summed E-state index contributed by atoms with van der Waals surface area (Å²) in [5, 5.41) is 9.02. The Morgan fingerprint density at radius 3 is 2.67 bits per heavy atom. The van der Waals surface area contributed by atoms with Crippen LogP contribution in [-0.4, -0.2) is 23.1 Å². The van der Waals surface area contributed by atoms with E-state index in [0.717, 1.165) is 13.1 Å². The third-order valence-corrected chi connectivity index (χ3v) is 2.65. The summed E-state index contributed by atoms with van der Waals surface area (Å²) in [6.07, 6.45) is 1.58. The van der Waals surface area contributed by atoms with E-state index in [4.69, 9.17) is 9.68 Å². The number of aromatic nitrogens is 2. The largest absolute Gasteiger partial charge is 0.463 e. The monoisotopic (exact) mass is 242 g/mol. The van der Waals surface area contributed by atoms with Crippen LogP contribution in [0.5, 0.6) is 0 Å². The van der Waals surface area contributed by atoms with Crippen LogP contribution in [-0.2, 0) is 0 Å². The first-order valence-electron chi connectivity index (χ1n) is 5.86. The highest BCUT2D eigenvalue weighted by Crippen LogP contribution is 2.20. The number of nitriles is 1. The van der Waals surface area contributed by atoms with Crippen molar-refractivity contribution in [3.8, 4) is 17.5 Å². The molecule has 0 fully saturated rings. The minimum Gasteiger partial charge on any atom is -0.463 e. The molecule has 0 saturated heterocycles. The van der Waals surface area contributed by atoms with Crippen molar-refractivity contribution in [2.24, 2.45) is 0 Å². The predicted octanol–water partition coefficient (Wildman–Crippen LogP) is 2.45. The number of furan rings is 1. The molecule has 0 N–H and O–H groups in total. The van der Waals surface area contributed by atoms with E-state index in [2.05, 4.69) is 16.0 Å². The Kier molecular flexibility index (Phi) is 3.58. The standard InChI is InChI=1S/C13H14N4O/c1-3-17(4-2)13-15-10(9-14)8-11(16-13)12-6-5-7-18-12/h5-8H,3-4H2,1-2H3. The third kappa shape index (κ3) is 2.33. The van der Waals surface area contributed by atoms with Crippen molar-refractivity contribution in [2.45, 2.75) is 13.8 Å². The van der Waals surface area contributed by atoms with Gasteiger partial charge in [-0.2, -0.15) is 5.26 Å². The van der Waals surface area contributed by atoms with Gasteiger partial charge in [0, 0.05) is 19.2 Å². The van der Waals surface area contributed by atoms with Gasteiger partial charge < -0.3 is 9.32 Å². The average molecular weight is 242 g/mol. The molecule has 0 amide bonds. The van der Waals surface area contributed by atoms with Crippen LogP contribution in [0.1, 0.15) is 19.5 Å². The Labute approximate surface area is 106 Å². The molecule has 0 aliphatic heterocycles. The number of rotatable bonds is 4. The molecule has 5 nitrogen and oxygen atoms in total. The topological polar surface area (TPSA) is 66.0 Å². The van der Waals surface area contributed by atoms with Gasteiger partial charge in [0.1, 0.15) is 17.5 Å². The molecule has 0 saturated carbocycles. The average Bonchev–Trinajstić information content (AvgIpc) is 2.94. The van der Waals surface area contributed by atoms with Crippen molar-refractivity contribution in [1.29, 1.82) is 5.26 Å². The molecule has 18 heavy (non-hydrogen) atoms. The Hall–Kier alpha value is -2.35. The lowest BCUT2D eigenvalue weighted by molar-refractivity contribution is 0.579. The lowest BCUT2D eigenvalue weighted by Gasteiger charge is -2.18. The normalized spacial score (nSPS) is 10.1. The van der Waals surface area contributed by atoms with E-state index in [1.54, 1.807) is 18.4 Å². The molecular formula is C13H14N4O. The van der Waals surface area contributed by atoms with E-state index in [9.17, 15) is 0 Å². The van der Waals surface area contributed by atoms with Crippen LogP contribution in [0.15, 0.2) is 28.9 Å². The minimum absolute atomic E-state index is 0.346. The van der Waals surface area contributed by atoms with Crippen LogP contribution in [0.2, 0.25) is 0 Å². The maximum Gasteiger partial charge on any atom is 0.227 e. The van der Waals surface area contributed by atoms with Crippen molar-refractivity contribution in [2.75, 3.05) is 18.0 Å². The fourth-order valence-corrected chi connectivity index (χ4v) is 1.69. The van der Waals surface area contributed by atoms with Crippen LogP contribution in [0.25, 0.3) is 11.5 Å². The van der Waals surface area contributed by atoms with Crippen LogP contribution in [0.4, 0.5) is 5.95 Å². The second-order valence-electron chi connectivity index (χ2n) is 3.70. The Morgan fingerprint density at radius 2 is 2.11 bits per heavy atom. The lowest BCUT2D eigenvalue weighted by atomic mass is 10.3. The third-order valence-electron chi connectivity index (χ3n) is 2.65. The van der Waals surface area contributed by atoms with E-state index in [1.807, 2.05) is 24.8 Å². The van der Waals surface area contributed by atoms with Gasteiger partial charge in [0.05, 0.1) is 6.26 Å². The summed E-state index contributed by atoms with van der Waals surface area (Å²) in [5.74, 6) is 1.20. The molecule has 0 radical (unpaired) electrons. The summed E-state index contributed by atoms with van der Waals surface area (Å²) in [6.45, 7) is 5.64. The molecule has 0 aliphatic rings.